The van der Waals surface area contributed by atoms with E-state index in [0.29, 0.717) is 11.6 Å². The van der Waals surface area contributed by atoms with Crippen molar-refractivity contribution in [2.24, 2.45) is 0 Å². The Balaban J connectivity index is 0.00000243. The Kier molecular flexibility index (Phi) is 6.83. The summed E-state index contributed by atoms with van der Waals surface area (Å²) < 4.78 is 38.2. The van der Waals surface area contributed by atoms with Crippen molar-refractivity contribution >= 4 is 39.0 Å². The van der Waals surface area contributed by atoms with Crippen LogP contribution in [0, 0.1) is 0 Å². The summed E-state index contributed by atoms with van der Waals surface area (Å²) in [4.78, 5) is 13.4. The number of amides is 1. The third-order valence-electron chi connectivity index (χ3n) is 3.53. The first-order chi connectivity index (χ1) is 11.8. The van der Waals surface area contributed by atoms with Crippen LogP contribution >= 0.6 is 12.2 Å². The topological polar surface area (TPSA) is 111 Å². The van der Waals surface area contributed by atoms with Crippen LogP contribution in [0.15, 0.2) is 48.0 Å². The van der Waals surface area contributed by atoms with Gasteiger partial charge in [0.25, 0.3) is 5.91 Å². The fourth-order valence-electron chi connectivity index (χ4n) is 2.46. The van der Waals surface area contributed by atoms with Gasteiger partial charge >= 0.3 is 29.6 Å². The monoisotopic (exact) mass is 403 g/mol. The van der Waals surface area contributed by atoms with Crippen molar-refractivity contribution in [1.29, 1.82) is 0 Å². The molecule has 8 nitrogen and oxygen atoms in total. The number of hydrogen-bond donors (Lipinski definition) is 2. The van der Waals surface area contributed by atoms with Crippen LogP contribution in [0.4, 0.5) is 5.69 Å². The number of benzene rings is 1. The minimum absolute atomic E-state index is 0. The van der Waals surface area contributed by atoms with Crippen molar-refractivity contribution < 1.29 is 52.1 Å². The molecule has 0 unspecified atom stereocenters. The normalized spacial score (nSPS) is 19.0. The minimum atomic E-state index is -4.28. The third kappa shape index (κ3) is 5.06. The van der Waals surface area contributed by atoms with Crippen LogP contribution in [-0.4, -0.2) is 36.3 Å². The second kappa shape index (κ2) is 8.51. The second-order valence-corrected chi connectivity index (χ2v) is 7.26. The SMILES string of the molecule is O=C1NC(=S)NC1=CC=C1Oc2ccccc2N1CCCS(=O)(=O)[O-].[Na+]. The van der Waals surface area contributed by atoms with E-state index in [1.807, 2.05) is 18.2 Å². The van der Waals surface area contributed by atoms with Crippen molar-refractivity contribution in [2.45, 2.75) is 6.42 Å². The number of carbonyl (C=O) groups is 1. The fraction of sp³-hybridized carbons (Fsp3) is 0.200. The standard InChI is InChI=1S/C15H15N3O5S2.Na/c19-14-10(16-15(24)17-14)6-7-13-18(8-3-9-25(20,21)22)11-4-1-2-5-12(11)23-13;/h1-2,4-7H,3,8-9H2,(H,20,21,22)(H2,16,17,19,24);/q;+1/p-1. The van der Waals surface area contributed by atoms with Crippen LogP contribution in [0.1, 0.15) is 6.42 Å². The molecule has 3 rings (SSSR count). The molecule has 132 valence electrons. The van der Waals surface area contributed by atoms with E-state index >= 15 is 0 Å². The van der Waals surface area contributed by atoms with Gasteiger partial charge in [-0.05, 0) is 36.8 Å². The average Bonchev–Trinajstić information content (AvgIpc) is 3.04. The van der Waals surface area contributed by atoms with Crippen molar-refractivity contribution in [3.8, 4) is 5.75 Å². The van der Waals surface area contributed by atoms with Crippen LogP contribution in [0.3, 0.4) is 0 Å². The Morgan fingerprint density at radius 3 is 2.62 bits per heavy atom. The summed E-state index contributed by atoms with van der Waals surface area (Å²) in [6.07, 6.45) is 3.26. The first kappa shape index (κ1) is 20.9. The number of rotatable bonds is 5. The van der Waals surface area contributed by atoms with Gasteiger partial charge in [-0.1, -0.05) is 12.1 Å². The largest absolute Gasteiger partial charge is 1.00 e. The van der Waals surface area contributed by atoms with E-state index in [0.717, 1.165) is 5.69 Å². The van der Waals surface area contributed by atoms with Crippen molar-refractivity contribution in [3.05, 3.63) is 48.0 Å². The molecule has 2 aliphatic rings. The summed E-state index contributed by atoms with van der Waals surface area (Å²) in [5.74, 6) is 0.223. The summed E-state index contributed by atoms with van der Waals surface area (Å²) in [6.45, 7) is 0.283. The molecule has 1 amide bonds. The third-order valence-corrected chi connectivity index (χ3v) is 4.52. The number of carbonyl (C=O) groups excluding carboxylic acids is 1. The van der Waals surface area contributed by atoms with Gasteiger partial charge in [0.05, 0.1) is 15.8 Å². The van der Waals surface area contributed by atoms with Crippen LogP contribution in [-0.2, 0) is 14.9 Å². The van der Waals surface area contributed by atoms with Gasteiger partial charge in [-0.2, -0.15) is 0 Å². The van der Waals surface area contributed by atoms with Gasteiger partial charge in [-0.25, -0.2) is 8.42 Å². The molecule has 0 aliphatic carbocycles. The number of nitrogens with one attached hydrogen (secondary N) is 2. The Morgan fingerprint density at radius 1 is 1.23 bits per heavy atom. The van der Waals surface area contributed by atoms with Crippen molar-refractivity contribution in [1.82, 2.24) is 10.6 Å². The average molecular weight is 403 g/mol. The number of fused-ring (bicyclic) bond motifs is 1. The van der Waals surface area contributed by atoms with Gasteiger partial charge in [0.1, 0.15) is 5.70 Å². The van der Waals surface area contributed by atoms with Crippen molar-refractivity contribution in [3.63, 3.8) is 0 Å². The van der Waals surface area contributed by atoms with Gasteiger partial charge in [0.15, 0.2) is 10.9 Å². The summed E-state index contributed by atoms with van der Waals surface area (Å²) in [6, 6.07) is 7.23. The molecule has 0 spiro atoms. The molecule has 1 aromatic carbocycles. The quantitative estimate of drug-likeness (QED) is 0.241. The summed E-state index contributed by atoms with van der Waals surface area (Å²) in [5, 5.41) is 5.39. The van der Waals surface area contributed by atoms with E-state index in [1.54, 1.807) is 17.0 Å². The van der Waals surface area contributed by atoms with E-state index in [9.17, 15) is 17.8 Å². The molecule has 0 atom stereocenters. The van der Waals surface area contributed by atoms with E-state index < -0.39 is 15.9 Å². The number of hydrogen-bond acceptors (Lipinski definition) is 7. The molecule has 2 N–H and O–H groups in total. The van der Waals surface area contributed by atoms with E-state index in [1.165, 1.54) is 6.08 Å². The number of para-hydroxylation sites is 2. The van der Waals surface area contributed by atoms with Gasteiger partial charge in [-0.3, -0.25) is 10.1 Å². The Hall–Kier alpha value is -1.43. The van der Waals surface area contributed by atoms with E-state index in [4.69, 9.17) is 17.0 Å². The number of nitrogens with zero attached hydrogens (tertiary/aromatic N) is 1. The molecule has 2 heterocycles. The van der Waals surface area contributed by atoms with Gasteiger partial charge in [0, 0.05) is 18.4 Å². The van der Waals surface area contributed by atoms with E-state index in [-0.39, 0.29) is 59.2 Å². The minimum Gasteiger partial charge on any atom is -0.748 e. The first-order valence-corrected chi connectivity index (χ1v) is 9.34. The maximum Gasteiger partial charge on any atom is 1.00 e. The summed E-state index contributed by atoms with van der Waals surface area (Å²) >= 11 is 4.86. The van der Waals surface area contributed by atoms with Crippen LogP contribution in [0.2, 0.25) is 0 Å². The molecular formula is C15H14N3NaO5S2. The molecule has 1 aromatic rings. The van der Waals surface area contributed by atoms with Crippen LogP contribution < -0.4 is 49.8 Å². The molecule has 0 bridgehead atoms. The van der Waals surface area contributed by atoms with Gasteiger partial charge in [0.2, 0.25) is 5.88 Å². The Labute approximate surface area is 178 Å². The van der Waals surface area contributed by atoms with Gasteiger partial charge in [-0.15, -0.1) is 0 Å². The Bertz CT molecular complexity index is 898. The van der Waals surface area contributed by atoms with Crippen molar-refractivity contribution in [2.75, 3.05) is 17.2 Å². The summed E-state index contributed by atoms with van der Waals surface area (Å²) in [7, 11) is -4.28. The van der Waals surface area contributed by atoms with Crippen LogP contribution in [0.25, 0.3) is 0 Å². The molecule has 2 aliphatic heterocycles. The first-order valence-electron chi connectivity index (χ1n) is 7.36. The predicted octanol–water partition coefficient (Wildman–Crippen LogP) is -2.45. The van der Waals surface area contributed by atoms with Crippen LogP contribution in [0.5, 0.6) is 5.75 Å². The maximum atomic E-state index is 11.7. The van der Waals surface area contributed by atoms with Gasteiger partial charge < -0.3 is 19.5 Å². The number of ether oxygens (including phenoxy) is 1. The number of anilines is 1. The summed E-state index contributed by atoms with van der Waals surface area (Å²) in [5.41, 5.74) is 1.04. The molecular weight excluding hydrogens is 389 g/mol. The molecule has 11 heteroatoms. The molecule has 26 heavy (non-hydrogen) atoms. The second-order valence-electron chi connectivity index (χ2n) is 5.33. The zero-order valence-electron chi connectivity index (χ0n) is 13.9. The number of thiocarbonyl (C=S) groups is 1. The molecule has 0 aromatic heterocycles. The number of allylic oxidation sites excluding steroid dienone is 2. The predicted molar refractivity (Wildman–Crippen MR) is 93.6 cm³/mol. The Morgan fingerprint density at radius 2 is 1.96 bits per heavy atom. The maximum absolute atomic E-state index is 11.7. The molecule has 0 radical (unpaired) electrons. The van der Waals surface area contributed by atoms with E-state index in [2.05, 4.69) is 10.6 Å². The fourth-order valence-corrected chi connectivity index (χ4v) is 3.15. The molecule has 1 saturated heterocycles. The smallest absolute Gasteiger partial charge is 0.748 e. The zero-order chi connectivity index (χ0) is 18.0. The molecule has 1 fully saturated rings. The molecule has 0 saturated carbocycles. The zero-order valence-corrected chi connectivity index (χ0v) is 17.5.